The van der Waals surface area contributed by atoms with Gasteiger partial charge in [0.05, 0.1) is 12.2 Å². The molecule has 1 fully saturated rings. The lowest BCUT2D eigenvalue weighted by molar-refractivity contribution is -0.0398. The van der Waals surface area contributed by atoms with Crippen LogP contribution in [0.2, 0.25) is 0 Å². The zero-order valence-corrected chi connectivity index (χ0v) is 10.6. The first kappa shape index (κ1) is 13.0. The summed E-state index contributed by atoms with van der Waals surface area (Å²) < 4.78 is 6.09. The molecule has 0 aromatic heterocycles. The Bertz CT molecular complexity index is 161. The lowest BCUT2D eigenvalue weighted by atomic mass is 9.92. The zero-order valence-electron chi connectivity index (χ0n) is 10.6. The third kappa shape index (κ3) is 4.52. The maximum Gasteiger partial charge on any atom is 0.0731 e. The third-order valence-electron chi connectivity index (χ3n) is 3.34. The predicted octanol–water partition coefficient (Wildman–Crippen LogP) is 3.11. The second-order valence-corrected chi connectivity index (χ2v) is 4.74. The van der Waals surface area contributed by atoms with Gasteiger partial charge in [0.1, 0.15) is 0 Å². The van der Waals surface area contributed by atoms with E-state index in [-0.39, 0.29) is 0 Å². The van der Waals surface area contributed by atoms with Crippen LogP contribution >= 0.6 is 0 Å². The van der Waals surface area contributed by atoms with Crippen LogP contribution in [0.5, 0.6) is 0 Å². The van der Waals surface area contributed by atoms with Gasteiger partial charge in [0.2, 0.25) is 0 Å². The Morgan fingerprint density at radius 1 is 1.27 bits per heavy atom. The maximum atomic E-state index is 6.09. The molecular formula is C13H27NO. The topological polar surface area (TPSA) is 21.3 Å². The summed E-state index contributed by atoms with van der Waals surface area (Å²) in [5.74, 6) is 0. The Balaban J connectivity index is 2.35. The van der Waals surface area contributed by atoms with Crippen LogP contribution in [-0.2, 0) is 4.74 Å². The number of nitrogens with one attached hydrogen (secondary N) is 1. The minimum Gasteiger partial charge on any atom is -0.374 e. The highest BCUT2D eigenvalue weighted by Crippen LogP contribution is 2.22. The molecule has 2 nitrogen and oxygen atoms in total. The first-order valence-corrected chi connectivity index (χ1v) is 6.66. The first-order valence-electron chi connectivity index (χ1n) is 6.66. The van der Waals surface area contributed by atoms with E-state index < -0.39 is 0 Å². The number of hydrogen-bond donors (Lipinski definition) is 1. The number of hydrogen-bond acceptors (Lipinski definition) is 2. The van der Waals surface area contributed by atoms with E-state index in [0.29, 0.717) is 18.2 Å². The fourth-order valence-corrected chi connectivity index (χ4v) is 2.22. The van der Waals surface area contributed by atoms with Crippen molar-refractivity contribution < 1.29 is 4.74 Å². The van der Waals surface area contributed by atoms with Crippen LogP contribution in [0.4, 0.5) is 0 Å². The monoisotopic (exact) mass is 213 g/mol. The number of ether oxygens (including phenoxy) is 1. The molecule has 1 rings (SSSR count). The van der Waals surface area contributed by atoms with Gasteiger partial charge in [0, 0.05) is 6.04 Å². The van der Waals surface area contributed by atoms with Gasteiger partial charge >= 0.3 is 0 Å². The van der Waals surface area contributed by atoms with Crippen LogP contribution in [0.25, 0.3) is 0 Å². The highest BCUT2D eigenvalue weighted by Gasteiger charge is 2.26. The molecule has 1 aliphatic carbocycles. The van der Waals surface area contributed by atoms with Crippen molar-refractivity contribution in [1.82, 2.24) is 5.32 Å². The Hall–Kier alpha value is -0.0800. The molecule has 2 heteroatoms. The van der Waals surface area contributed by atoms with E-state index in [4.69, 9.17) is 4.74 Å². The summed E-state index contributed by atoms with van der Waals surface area (Å²) in [7, 11) is 0. The van der Waals surface area contributed by atoms with Gasteiger partial charge in [0.25, 0.3) is 0 Å². The van der Waals surface area contributed by atoms with E-state index in [1.807, 2.05) is 0 Å². The lowest BCUT2D eigenvalue weighted by Crippen LogP contribution is -2.45. The van der Waals surface area contributed by atoms with Crippen LogP contribution in [0.15, 0.2) is 0 Å². The van der Waals surface area contributed by atoms with Crippen LogP contribution in [0.3, 0.4) is 0 Å². The average Bonchev–Trinajstić information content (AvgIpc) is 2.28. The molecule has 0 saturated heterocycles. The predicted molar refractivity (Wildman–Crippen MR) is 65.2 cm³/mol. The summed E-state index contributed by atoms with van der Waals surface area (Å²) in [6.45, 7) is 7.73. The minimum atomic E-state index is 0.416. The standard InChI is InChI=1S/C13H27NO/c1-4-10-14-12-8-6-7-9-13(12)15-11(3)5-2/h11-14H,4-10H2,1-3H3. The third-order valence-corrected chi connectivity index (χ3v) is 3.34. The van der Waals surface area contributed by atoms with E-state index in [9.17, 15) is 0 Å². The van der Waals surface area contributed by atoms with Crippen LogP contribution in [-0.4, -0.2) is 24.8 Å². The van der Waals surface area contributed by atoms with Gasteiger partial charge in [0.15, 0.2) is 0 Å². The summed E-state index contributed by atoms with van der Waals surface area (Å²) in [6, 6.07) is 0.604. The van der Waals surface area contributed by atoms with Crippen LogP contribution in [0, 0.1) is 0 Å². The molecule has 3 unspecified atom stereocenters. The first-order chi connectivity index (χ1) is 7.27. The SMILES string of the molecule is CCCNC1CCCCC1OC(C)CC. The fourth-order valence-electron chi connectivity index (χ4n) is 2.22. The van der Waals surface area contributed by atoms with Gasteiger partial charge in [-0.1, -0.05) is 26.7 Å². The fraction of sp³-hybridized carbons (Fsp3) is 1.00. The van der Waals surface area contributed by atoms with Crippen molar-refractivity contribution in [2.24, 2.45) is 0 Å². The van der Waals surface area contributed by atoms with E-state index in [0.717, 1.165) is 13.0 Å². The molecule has 3 atom stereocenters. The van der Waals surface area contributed by atoms with Crippen molar-refractivity contribution in [2.75, 3.05) is 6.54 Å². The molecule has 0 aromatic rings. The van der Waals surface area contributed by atoms with Gasteiger partial charge in [-0.25, -0.2) is 0 Å². The van der Waals surface area contributed by atoms with Crippen LogP contribution < -0.4 is 5.32 Å². The summed E-state index contributed by atoms with van der Waals surface area (Å²) in [4.78, 5) is 0. The molecule has 0 aliphatic heterocycles. The highest BCUT2D eigenvalue weighted by atomic mass is 16.5. The highest BCUT2D eigenvalue weighted by molar-refractivity contribution is 4.82. The van der Waals surface area contributed by atoms with Gasteiger partial charge < -0.3 is 10.1 Å². The smallest absolute Gasteiger partial charge is 0.0731 e. The van der Waals surface area contributed by atoms with E-state index >= 15 is 0 Å². The van der Waals surface area contributed by atoms with E-state index in [1.165, 1.54) is 32.1 Å². The molecular weight excluding hydrogens is 186 g/mol. The summed E-state index contributed by atoms with van der Waals surface area (Å²) in [6.07, 6.45) is 8.45. The van der Waals surface area contributed by atoms with E-state index in [1.54, 1.807) is 0 Å². The summed E-state index contributed by atoms with van der Waals surface area (Å²) in [5, 5.41) is 3.63. The number of rotatable bonds is 6. The molecule has 0 radical (unpaired) electrons. The molecule has 0 bridgehead atoms. The molecule has 1 aliphatic rings. The molecule has 0 amide bonds. The second-order valence-electron chi connectivity index (χ2n) is 4.74. The van der Waals surface area contributed by atoms with Gasteiger partial charge in [-0.05, 0) is 39.2 Å². The van der Waals surface area contributed by atoms with Crippen molar-refractivity contribution in [3.63, 3.8) is 0 Å². The molecule has 90 valence electrons. The van der Waals surface area contributed by atoms with Crippen LogP contribution in [0.1, 0.15) is 59.3 Å². The average molecular weight is 213 g/mol. The quantitative estimate of drug-likeness (QED) is 0.732. The minimum absolute atomic E-state index is 0.416. The van der Waals surface area contributed by atoms with Crippen molar-refractivity contribution in [3.8, 4) is 0 Å². The lowest BCUT2D eigenvalue weighted by Gasteiger charge is -2.34. The van der Waals surface area contributed by atoms with E-state index in [2.05, 4.69) is 26.1 Å². The Morgan fingerprint density at radius 2 is 2.00 bits per heavy atom. The van der Waals surface area contributed by atoms with Gasteiger partial charge in [-0.2, -0.15) is 0 Å². The van der Waals surface area contributed by atoms with Gasteiger partial charge in [-0.3, -0.25) is 0 Å². The van der Waals surface area contributed by atoms with Gasteiger partial charge in [-0.15, -0.1) is 0 Å². The zero-order chi connectivity index (χ0) is 11.1. The molecule has 0 spiro atoms. The molecule has 0 heterocycles. The Kier molecular flexibility index (Phi) is 6.26. The molecule has 0 aromatic carbocycles. The Morgan fingerprint density at radius 3 is 2.67 bits per heavy atom. The van der Waals surface area contributed by atoms with Crippen molar-refractivity contribution >= 4 is 0 Å². The van der Waals surface area contributed by atoms with Crippen molar-refractivity contribution in [3.05, 3.63) is 0 Å². The molecule has 1 N–H and O–H groups in total. The molecule has 1 saturated carbocycles. The normalized spacial score (nSPS) is 29.0. The largest absolute Gasteiger partial charge is 0.374 e. The van der Waals surface area contributed by atoms with Crippen molar-refractivity contribution in [1.29, 1.82) is 0 Å². The maximum absolute atomic E-state index is 6.09. The Labute approximate surface area is 94.8 Å². The summed E-state index contributed by atoms with van der Waals surface area (Å²) >= 11 is 0. The summed E-state index contributed by atoms with van der Waals surface area (Å²) in [5.41, 5.74) is 0. The molecule has 15 heavy (non-hydrogen) atoms. The van der Waals surface area contributed by atoms with Crippen molar-refractivity contribution in [2.45, 2.75) is 77.5 Å². The second kappa shape index (κ2) is 7.24.